The molecule has 2 aromatic rings. The number of sulfonamides is 1. The van der Waals surface area contributed by atoms with Crippen molar-refractivity contribution in [1.29, 1.82) is 0 Å². The minimum atomic E-state index is -3.30. The summed E-state index contributed by atoms with van der Waals surface area (Å²) in [6.07, 6.45) is 1.71. The lowest BCUT2D eigenvalue weighted by Crippen LogP contribution is -2.43. The maximum Gasteiger partial charge on any atom is 0.214 e. The van der Waals surface area contributed by atoms with Crippen molar-refractivity contribution < 1.29 is 22.0 Å². The van der Waals surface area contributed by atoms with Gasteiger partial charge < -0.3 is 16.0 Å². The summed E-state index contributed by atoms with van der Waals surface area (Å²) in [7, 11) is 0.510. The second-order valence-corrected chi connectivity index (χ2v) is 11.0. The molecule has 0 aliphatic carbocycles. The van der Waals surface area contributed by atoms with Crippen molar-refractivity contribution in [3.8, 4) is 0 Å². The Kier molecular flexibility index (Phi) is 7.80. The van der Waals surface area contributed by atoms with Gasteiger partial charge in [-0.05, 0) is 52.0 Å². The summed E-state index contributed by atoms with van der Waals surface area (Å²) in [5.41, 5.74) is 5.17. The van der Waals surface area contributed by atoms with Crippen LogP contribution in [0.1, 0.15) is 34.5 Å². The van der Waals surface area contributed by atoms with E-state index in [1.54, 1.807) is 0 Å². The molecule has 1 aliphatic rings. The fourth-order valence-electron chi connectivity index (χ4n) is 3.53. The van der Waals surface area contributed by atoms with Crippen LogP contribution in [0.2, 0.25) is 0 Å². The molecule has 8 nitrogen and oxygen atoms in total. The van der Waals surface area contributed by atoms with E-state index in [1.807, 2.05) is 19.0 Å². The lowest BCUT2D eigenvalue weighted by molar-refractivity contribution is 0.103. The molecule has 0 saturated carbocycles. The summed E-state index contributed by atoms with van der Waals surface area (Å²) in [6, 6.07) is 3.14. The van der Waals surface area contributed by atoms with Crippen LogP contribution in [-0.2, 0) is 10.0 Å². The number of rotatable bonds is 9. The number of hydrogen-bond donors (Lipinski definition) is 2. The highest BCUT2D eigenvalue weighted by Crippen LogP contribution is 2.30. The van der Waals surface area contributed by atoms with Crippen LogP contribution in [0.25, 0.3) is 0 Å². The lowest BCUT2D eigenvalue weighted by Gasteiger charge is -2.31. The topological polar surface area (TPSA) is 109 Å². The van der Waals surface area contributed by atoms with Gasteiger partial charge in [-0.3, -0.25) is 4.79 Å². The Bertz CT molecular complexity index is 1050. The van der Waals surface area contributed by atoms with Gasteiger partial charge in [-0.25, -0.2) is 26.5 Å². The molecule has 3 N–H and O–H groups in total. The number of nitrogens with zero attached hydrogens (tertiary/aromatic N) is 3. The average molecular weight is 488 g/mol. The summed E-state index contributed by atoms with van der Waals surface area (Å²) >= 11 is 0.927. The van der Waals surface area contributed by atoms with Gasteiger partial charge in [0.25, 0.3) is 0 Å². The number of aromatic nitrogens is 1. The molecule has 0 amide bonds. The third kappa shape index (κ3) is 5.80. The van der Waals surface area contributed by atoms with Crippen LogP contribution in [0.5, 0.6) is 0 Å². The van der Waals surface area contributed by atoms with Crippen molar-refractivity contribution in [1.82, 2.24) is 14.2 Å². The Morgan fingerprint density at radius 3 is 2.50 bits per heavy atom. The SMILES string of the molecule is CN(C)CCCS(=O)(=O)N1CCC(Nc2nc(N)c(C(=O)c3c(F)cccc3F)s2)CC1. The van der Waals surface area contributed by atoms with Crippen LogP contribution in [0.4, 0.5) is 19.7 Å². The van der Waals surface area contributed by atoms with E-state index in [2.05, 4.69) is 10.3 Å². The van der Waals surface area contributed by atoms with Crippen LogP contribution >= 0.6 is 11.3 Å². The molecule has 2 heterocycles. The summed E-state index contributed by atoms with van der Waals surface area (Å²) in [6.45, 7) is 1.48. The zero-order valence-electron chi connectivity index (χ0n) is 18.0. The van der Waals surface area contributed by atoms with E-state index < -0.39 is 33.0 Å². The normalized spacial score (nSPS) is 15.9. The first kappa shape index (κ1) is 24.5. The molecular formula is C20H27F2N5O3S2. The van der Waals surface area contributed by atoms with E-state index in [-0.39, 0.29) is 22.5 Å². The smallest absolute Gasteiger partial charge is 0.214 e. The fraction of sp³-hybridized carbons (Fsp3) is 0.500. The molecule has 176 valence electrons. The largest absolute Gasteiger partial charge is 0.382 e. The average Bonchev–Trinajstić information content (AvgIpc) is 3.07. The lowest BCUT2D eigenvalue weighted by atomic mass is 10.1. The van der Waals surface area contributed by atoms with E-state index in [1.165, 1.54) is 10.4 Å². The summed E-state index contributed by atoms with van der Waals surface area (Å²) < 4.78 is 54.4. The Morgan fingerprint density at radius 1 is 1.28 bits per heavy atom. The van der Waals surface area contributed by atoms with E-state index in [4.69, 9.17) is 5.73 Å². The van der Waals surface area contributed by atoms with Gasteiger partial charge in [-0.2, -0.15) is 0 Å². The summed E-state index contributed by atoms with van der Waals surface area (Å²) in [5, 5.41) is 3.52. The molecule has 1 saturated heterocycles. The molecule has 0 bridgehead atoms. The van der Waals surface area contributed by atoms with Crippen molar-refractivity contribution in [3.63, 3.8) is 0 Å². The number of ketones is 1. The molecular weight excluding hydrogens is 460 g/mol. The molecule has 0 spiro atoms. The summed E-state index contributed by atoms with van der Waals surface area (Å²) in [4.78, 5) is 18.6. The minimum Gasteiger partial charge on any atom is -0.382 e. The van der Waals surface area contributed by atoms with Crippen LogP contribution in [0.3, 0.4) is 0 Å². The van der Waals surface area contributed by atoms with E-state index in [9.17, 15) is 22.0 Å². The molecule has 1 aromatic carbocycles. The Morgan fingerprint density at radius 2 is 1.91 bits per heavy atom. The maximum absolute atomic E-state index is 14.0. The number of thiazole rings is 1. The Labute approximate surface area is 190 Å². The Balaban J connectivity index is 1.60. The summed E-state index contributed by atoms with van der Waals surface area (Å²) in [5.74, 6) is -2.77. The zero-order valence-corrected chi connectivity index (χ0v) is 19.6. The van der Waals surface area contributed by atoms with Gasteiger partial charge in [0.1, 0.15) is 22.3 Å². The van der Waals surface area contributed by atoms with E-state index >= 15 is 0 Å². The fourth-order valence-corrected chi connectivity index (χ4v) is 5.96. The second-order valence-electron chi connectivity index (χ2n) is 7.95. The standard InChI is InChI=1S/C20H27F2N5O3S2/c1-26(2)9-4-12-32(29,30)27-10-7-13(8-11-27)24-20-25-19(23)18(31-20)17(28)16-14(21)5-3-6-15(16)22/h3,5-6,13H,4,7-12,23H2,1-2H3,(H,24,25). The van der Waals surface area contributed by atoms with Crippen molar-refractivity contribution in [2.24, 2.45) is 0 Å². The number of carbonyl (C=O) groups excluding carboxylic acids is 1. The van der Waals surface area contributed by atoms with Crippen LogP contribution in [0, 0.1) is 11.6 Å². The number of nitrogens with one attached hydrogen (secondary N) is 1. The number of carbonyl (C=O) groups is 1. The molecule has 32 heavy (non-hydrogen) atoms. The molecule has 1 fully saturated rings. The molecule has 12 heteroatoms. The monoisotopic (exact) mass is 487 g/mol. The number of piperidine rings is 1. The number of halogens is 2. The van der Waals surface area contributed by atoms with Gasteiger partial charge in [-0.15, -0.1) is 0 Å². The van der Waals surface area contributed by atoms with Crippen molar-refractivity contribution in [2.45, 2.75) is 25.3 Å². The first-order valence-electron chi connectivity index (χ1n) is 10.2. The van der Waals surface area contributed by atoms with Crippen molar-refractivity contribution in [3.05, 3.63) is 40.3 Å². The predicted octanol–water partition coefficient (Wildman–Crippen LogP) is 2.39. The van der Waals surface area contributed by atoms with E-state index in [0.717, 1.165) is 23.5 Å². The van der Waals surface area contributed by atoms with Crippen LogP contribution < -0.4 is 11.1 Å². The highest BCUT2D eigenvalue weighted by molar-refractivity contribution is 7.89. The molecule has 0 atom stereocenters. The first-order valence-corrected chi connectivity index (χ1v) is 12.6. The maximum atomic E-state index is 14.0. The highest BCUT2D eigenvalue weighted by atomic mass is 32.2. The quantitative estimate of drug-likeness (QED) is 0.523. The number of nitrogen functional groups attached to an aromatic ring is 1. The number of nitrogens with two attached hydrogens (primary N) is 1. The van der Waals surface area contributed by atoms with E-state index in [0.29, 0.717) is 44.0 Å². The molecule has 3 rings (SSSR count). The third-order valence-corrected chi connectivity index (χ3v) is 8.19. The third-order valence-electron chi connectivity index (χ3n) is 5.23. The zero-order chi connectivity index (χ0) is 23.5. The van der Waals surface area contributed by atoms with Gasteiger partial charge in [-0.1, -0.05) is 17.4 Å². The number of hydrogen-bond acceptors (Lipinski definition) is 8. The van der Waals surface area contributed by atoms with Gasteiger partial charge in [0, 0.05) is 19.1 Å². The molecule has 0 unspecified atom stereocenters. The van der Waals surface area contributed by atoms with Gasteiger partial charge in [0.15, 0.2) is 5.13 Å². The second kappa shape index (κ2) is 10.2. The number of benzene rings is 1. The van der Waals surface area contributed by atoms with Crippen molar-refractivity contribution >= 4 is 38.1 Å². The number of anilines is 2. The van der Waals surface area contributed by atoms with Gasteiger partial charge >= 0.3 is 0 Å². The molecule has 1 aliphatic heterocycles. The Hall–Kier alpha value is -2.15. The van der Waals surface area contributed by atoms with Crippen LogP contribution in [0.15, 0.2) is 18.2 Å². The van der Waals surface area contributed by atoms with Gasteiger partial charge in [0.2, 0.25) is 15.8 Å². The first-order chi connectivity index (χ1) is 15.1. The molecule has 1 aromatic heterocycles. The molecule has 0 radical (unpaired) electrons. The highest BCUT2D eigenvalue weighted by Gasteiger charge is 2.29. The predicted molar refractivity (Wildman–Crippen MR) is 121 cm³/mol. The van der Waals surface area contributed by atoms with Crippen molar-refractivity contribution in [2.75, 3.05) is 50.5 Å². The van der Waals surface area contributed by atoms with Crippen LogP contribution in [-0.4, -0.2) is 73.9 Å². The van der Waals surface area contributed by atoms with Gasteiger partial charge in [0.05, 0.1) is 11.3 Å². The minimum absolute atomic E-state index is 0.0441.